The van der Waals surface area contributed by atoms with E-state index in [0.29, 0.717) is 23.3 Å². The Morgan fingerprint density at radius 2 is 1.77 bits per heavy atom. The molecule has 10 heteroatoms. The zero-order chi connectivity index (χ0) is 27.7. The Bertz CT molecular complexity index is 1650. The summed E-state index contributed by atoms with van der Waals surface area (Å²) in [6.45, 7) is 8.03. The Hall–Kier alpha value is -3.89. The van der Waals surface area contributed by atoms with Crippen LogP contribution < -0.4 is 15.5 Å². The fraction of sp³-hybridized carbons (Fsp3) is 0.310. The van der Waals surface area contributed by atoms with Crippen LogP contribution in [0.25, 0.3) is 22.3 Å². The van der Waals surface area contributed by atoms with Gasteiger partial charge in [0.15, 0.2) is 9.84 Å². The monoisotopic (exact) mass is 544 g/mol. The van der Waals surface area contributed by atoms with Crippen LogP contribution in [0.3, 0.4) is 0 Å². The molecule has 1 aliphatic rings. The van der Waals surface area contributed by atoms with E-state index in [1.807, 2.05) is 36.4 Å². The van der Waals surface area contributed by atoms with E-state index in [2.05, 4.69) is 34.4 Å². The van der Waals surface area contributed by atoms with Gasteiger partial charge in [-0.2, -0.15) is 0 Å². The van der Waals surface area contributed by atoms with Crippen LogP contribution >= 0.6 is 0 Å². The minimum Gasteiger partial charge on any atom is -0.353 e. The lowest BCUT2D eigenvalue weighted by Crippen LogP contribution is -2.54. The molecule has 0 spiro atoms. The molecule has 1 aromatic carbocycles. The number of nitrogens with zero attached hydrogens (tertiary/aromatic N) is 4. The van der Waals surface area contributed by atoms with Crippen molar-refractivity contribution < 1.29 is 13.2 Å². The highest BCUT2D eigenvalue weighted by Gasteiger charge is 2.22. The maximum absolute atomic E-state index is 12.7. The summed E-state index contributed by atoms with van der Waals surface area (Å²) < 4.78 is 24.1. The minimum atomic E-state index is -3.43. The molecule has 9 nitrogen and oxygen atoms in total. The molecule has 4 aromatic rings. The molecular weight excluding hydrogens is 512 g/mol. The Balaban J connectivity index is 1.34. The average Bonchev–Trinajstić information content (AvgIpc) is 2.90. The Morgan fingerprint density at radius 3 is 2.51 bits per heavy atom. The number of nitrogens with one attached hydrogen (secondary N) is 2. The second kappa shape index (κ2) is 10.7. The van der Waals surface area contributed by atoms with Crippen molar-refractivity contribution in [3.63, 3.8) is 0 Å². The van der Waals surface area contributed by atoms with E-state index in [9.17, 15) is 13.2 Å². The summed E-state index contributed by atoms with van der Waals surface area (Å²) in [7, 11) is -3.43. The molecule has 39 heavy (non-hydrogen) atoms. The van der Waals surface area contributed by atoms with Gasteiger partial charge in [-0.1, -0.05) is 12.1 Å². The van der Waals surface area contributed by atoms with Crippen molar-refractivity contribution in [3.8, 4) is 11.4 Å². The van der Waals surface area contributed by atoms with Crippen LogP contribution in [0.2, 0.25) is 0 Å². The number of carbonyl (C=O) groups is 1. The van der Waals surface area contributed by atoms with Crippen LogP contribution in [-0.4, -0.2) is 60.7 Å². The van der Waals surface area contributed by atoms with Gasteiger partial charge in [0, 0.05) is 48.6 Å². The number of hydrogen-bond acceptors (Lipinski definition) is 8. The number of fused-ring (bicyclic) bond motifs is 1. The normalized spacial score (nSPS) is 17.8. The van der Waals surface area contributed by atoms with Crippen LogP contribution in [0.1, 0.15) is 35.5 Å². The number of aromatic nitrogens is 3. The first-order chi connectivity index (χ1) is 18.6. The molecule has 3 aromatic heterocycles. The van der Waals surface area contributed by atoms with Crippen LogP contribution in [0.4, 0.5) is 5.82 Å². The number of pyridine rings is 3. The SMILES string of the molecule is Cc1ccc(C(=O)NCc2cc3nc(-c4cccc(N5C[C@@H](C)N[C@@H](C)C5)n4)ccc3cn2)cc1S(C)(=O)=O. The minimum absolute atomic E-state index is 0.148. The molecule has 0 bridgehead atoms. The third-order valence-corrected chi connectivity index (χ3v) is 8.03. The highest BCUT2D eigenvalue weighted by Crippen LogP contribution is 2.23. The van der Waals surface area contributed by atoms with Gasteiger partial charge in [-0.25, -0.2) is 18.4 Å². The number of carbonyl (C=O) groups excluding carboxylic acids is 1. The third kappa shape index (κ3) is 6.07. The first-order valence-corrected chi connectivity index (χ1v) is 14.8. The maximum atomic E-state index is 12.7. The zero-order valence-corrected chi connectivity index (χ0v) is 23.3. The average molecular weight is 545 g/mol. The first-order valence-electron chi connectivity index (χ1n) is 12.9. The molecule has 5 rings (SSSR count). The van der Waals surface area contributed by atoms with Crippen molar-refractivity contribution in [3.05, 3.63) is 77.6 Å². The quantitative estimate of drug-likeness (QED) is 0.379. The molecule has 0 saturated carbocycles. The third-order valence-electron chi connectivity index (χ3n) is 6.79. The summed E-state index contributed by atoms with van der Waals surface area (Å²) in [4.78, 5) is 29.4. The van der Waals surface area contributed by atoms with E-state index in [0.717, 1.165) is 47.5 Å². The predicted octanol–water partition coefficient (Wildman–Crippen LogP) is 3.52. The number of rotatable bonds is 6. The number of sulfone groups is 1. The van der Waals surface area contributed by atoms with E-state index in [4.69, 9.17) is 9.97 Å². The lowest BCUT2D eigenvalue weighted by molar-refractivity contribution is 0.0950. The molecule has 4 heterocycles. The van der Waals surface area contributed by atoms with E-state index >= 15 is 0 Å². The van der Waals surface area contributed by atoms with E-state index in [1.54, 1.807) is 25.3 Å². The Labute approximate surface area is 228 Å². The highest BCUT2D eigenvalue weighted by molar-refractivity contribution is 7.90. The van der Waals surface area contributed by atoms with Gasteiger partial charge in [-0.15, -0.1) is 0 Å². The summed E-state index contributed by atoms with van der Waals surface area (Å²) in [5, 5.41) is 7.26. The molecule has 2 N–H and O–H groups in total. The summed E-state index contributed by atoms with van der Waals surface area (Å²) in [5.74, 6) is 0.559. The molecule has 1 fully saturated rings. The molecule has 202 valence electrons. The smallest absolute Gasteiger partial charge is 0.251 e. The largest absolute Gasteiger partial charge is 0.353 e. The van der Waals surface area contributed by atoms with Gasteiger partial charge in [0.2, 0.25) is 0 Å². The summed E-state index contributed by atoms with van der Waals surface area (Å²) in [6, 6.07) is 17.2. The zero-order valence-electron chi connectivity index (χ0n) is 22.5. The standard InChI is InChI=1S/C29H32N6O3S/c1-18-8-9-21(12-27(18)39(4,37)38)29(36)31-15-23-13-26-22(14-30-23)10-11-25(33-26)24-6-5-7-28(34-24)35-16-19(2)32-20(3)17-35/h5-14,19-20,32H,15-17H2,1-4H3,(H,31,36)/t19-,20+. The maximum Gasteiger partial charge on any atom is 0.251 e. The lowest BCUT2D eigenvalue weighted by Gasteiger charge is -2.37. The number of benzene rings is 1. The van der Waals surface area contributed by atoms with Crippen molar-refractivity contribution >= 4 is 32.5 Å². The van der Waals surface area contributed by atoms with Crippen molar-refractivity contribution in [2.24, 2.45) is 0 Å². The number of amides is 1. The molecule has 0 unspecified atom stereocenters. The fourth-order valence-corrected chi connectivity index (χ4v) is 5.96. The van der Waals surface area contributed by atoms with Crippen LogP contribution in [0, 0.1) is 6.92 Å². The van der Waals surface area contributed by atoms with Crippen LogP contribution in [0.5, 0.6) is 0 Å². The molecule has 2 atom stereocenters. The molecule has 1 amide bonds. The molecular formula is C29H32N6O3S. The first kappa shape index (κ1) is 26.7. The van der Waals surface area contributed by atoms with Crippen molar-refractivity contribution in [2.45, 2.75) is 44.3 Å². The van der Waals surface area contributed by atoms with E-state index < -0.39 is 9.84 Å². The van der Waals surface area contributed by atoms with Crippen LogP contribution in [0.15, 0.2) is 65.7 Å². The topological polar surface area (TPSA) is 117 Å². The van der Waals surface area contributed by atoms with Gasteiger partial charge in [0.25, 0.3) is 5.91 Å². The Kier molecular flexibility index (Phi) is 7.33. The van der Waals surface area contributed by atoms with Crippen molar-refractivity contribution in [1.82, 2.24) is 25.6 Å². The van der Waals surface area contributed by atoms with E-state index in [-0.39, 0.29) is 22.9 Å². The number of aryl methyl sites for hydroxylation is 1. The second-order valence-corrected chi connectivity index (χ2v) is 12.2. The Morgan fingerprint density at radius 1 is 1.03 bits per heavy atom. The van der Waals surface area contributed by atoms with Gasteiger partial charge in [0.05, 0.1) is 34.0 Å². The second-order valence-electron chi connectivity index (χ2n) is 10.3. The van der Waals surface area contributed by atoms with Crippen molar-refractivity contribution in [2.75, 3.05) is 24.2 Å². The molecule has 0 aliphatic carbocycles. The summed E-state index contributed by atoms with van der Waals surface area (Å²) in [6.07, 6.45) is 2.86. The molecule has 0 radical (unpaired) electrons. The molecule has 1 saturated heterocycles. The van der Waals surface area contributed by atoms with Gasteiger partial charge in [-0.05, 0) is 68.8 Å². The number of piperazine rings is 1. The van der Waals surface area contributed by atoms with Gasteiger partial charge < -0.3 is 15.5 Å². The lowest BCUT2D eigenvalue weighted by atomic mass is 10.1. The predicted molar refractivity (Wildman–Crippen MR) is 153 cm³/mol. The summed E-state index contributed by atoms with van der Waals surface area (Å²) in [5.41, 5.74) is 3.82. The van der Waals surface area contributed by atoms with Gasteiger partial charge in [-0.3, -0.25) is 9.78 Å². The van der Waals surface area contributed by atoms with E-state index in [1.165, 1.54) is 6.07 Å². The van der Waals surface area contributed by atoms with Gasteiger partial charge >= 0.3 is 0 Å². The fourth-order valence-electron chi connectivity index (χ4n) is 4.97. The van der Waals surface area contributed by atoms with Crippen molar-refractivity contribution in [1.29, 1.82) is 0 Å². The number of anilines is 1. The highest BCUT2D eigenvalue weighted by atomic mass is 32.2. The van der Waals surface area contributed by atoms with Crippen LogP contribution in [-0.2, 0) is 16.4 Å². The molecule has 1 aliphatic heterocycles. The van der Waals surface area contributed by atoms with Gasteiger partial charge in [0.1, 0.15) is 5.82 Å². The number of hydrogen-bond donors (Lipinski definition) is 2. The summed E-state index contributed by atoms with van der Waals surface area (Å²) >= 11 is 0.